The van der Waals surface area contributed by atoms with Crippen LogP contribution in [0.1, 0.15) is 51.6 Å². The largest absolute Gasteiger partial charge is 0.480 e. The Balaban J connectivity index is 3.08. The van der Waals surface area contributed by atoms with E-state index in [0.717, 1.165) is 0 Å². The van der Waals surface area contributed by atoms with Gasteiger partial charge < -0.3 is 54.7 Å². The van der Waals surface area contributed by atoms with Gasteiger partial charge in [0.05, 0.1) is 12.4 Å². The Bertz CT molecular complexity index is 1040. The summed E-state index contributed by atoms with van der Waals surface area (Å²) in [7, 11) is 0. The van der Waals surface area contributed by atoms with Gasteiger partial charge in [0.2, 0.25) is 17.7 Å². The average Bonchev–Trinajstić information content (AvgIpc) is 3.42. The molecule has 1 aromatic rings. The van der Waals surface area contributed by atoms with Gasteiger partial charge in [-0.05, 0) is 31.6 Å². The van der Waals surface area contributed by atoms with Gasteiger partial charge >= 0.3 is 5.97 Å². The van der Waals surface area contributed by atoms with E-state index >= 15 is 0 Å². The number of carboxylic acids is 1. The second-order valence-corrected chi connectivity index (χ2v) is 9.62. The molecule has 0 radical (unpaired) electrons. The first-order valence-corrected chi connectivity index (χ1v) is 13.3. The molecule has 0 aliphatic heterocycles. The fourth-order valence-electron chi connectivity index (χ4n) is 3.74. The van der Waals surface area contributed by atoms with E-state index in [9.17, 15) is 24.3 Å². The Morgan fingerprint density at radius 2 is 1.49 bits per heavy atom. The number of nitrogens with two attached hydrogens (primary N) is 5. The fourth-order valence-corrected chi connectivity index (χ4v) is 3.74. The summed E-state index contributed by atoms with van der Waals surface area (Å²) in [6.07, 6.45) is 4.51. The first kappa shape index (κ1) is 34.6. The number of nitrogens with zero attached hydrogens (tertiary/aromatic N) is 3. The van der Waals surface area contributed by atoms with E-state index in [1.165, 1.54) is 12.5 Å². The van der Waals surface area contributed by atoms with Gasteiger partial charge in [0.15, 0.2) is 11.9 Å². The number of aromatic nitrogens is 2. The standard InChI is InChI=1S/C24H44N12O5/c1-3-13(2)18(22(40)41)36-21(39)17(10-14-11-30-12-33-14)35-20(38)16(7-5-9-32-24(28)29)34-19(37)15(25)6-4-8-31-23(26)27/h11-13,15-18H,3-10,25H2,1-2H3,(H,30,33)(H,34,37)(H,35,38)(H,36,39)(H,40,41)(H4,26,27,31)(H4,28,29,32). The number of imidazole rings is 1. The second-order valence-electron chi connectivity index (χ2n) is 9.62. The van der Waals surface area contributed by atoms with Crippen LogP contribution in [-0.4, -0.2) is 87.9 Å². The summed E-state index contributed by atoms with van der Waals surface area (Å²) in [5.41, 5.74) is 27.8. The fraction of sp³-hybridized carbons (Fsp3) is 0.625. The van der Waals surface area contributed by atoms with Gasteiger partial charge in [-0.3, -0.25) is 24.4 Å². The zero-order valence-electron chi connectivity index (χ0n) is 23.5. The molecule has 230 valence electrons. The number of carboxylic acid groups (broad SMARTS) is 1. The molecule has 0 aliphatic carbocycles. The number of hydrogen-bond donors (Lipinski definition) is 10. The van der Waals surface area contributed by atoms with E-state index in [1.54, 1.807) is 13.8 Å². The van der Waals surface area contributed by atoms with Crippen molar-refractivity contribution in [3.8, 4) is 0 Å². The number of carbonyl (C=O) groups excluding carboxylic acids is 3. The quantitative estimate of drug-likeness (QED) is 0.0445. The molecular formula is C24H44N12O5. The normalized spacial score (nSPS) is 14.4. The van der Waals surface area contributed by atoms with Crippen molar-refractivity contribution in [2.45, 2.75) is 76.5 Å². The number of guanidine groups is 2. The van der Waals surface area contributed by atoms with Gasteiger partial charge in [-0.1, -0.05) is 20.3 Å². The topological polar surface area (TPSA) is 308 Å². The van der Waals surface area contributed by atoms with Crippen LogP contribution in [0.3, 0.4) is 0 Å². The highest BCUT2D eigenvalue weighted by Gasteiger charge is 2.32. The summed E-state index contributed by atoms with van der Waals surface area (Å²) in [6.45, 7) is 3.98. The maximum absolute atomic E-state index is 13.4. The molecule has 17 nitrogen and oxygen atoms in total. The number of amides is 3. The highest BCUT2D eigenvalue weighted by atomic mass is 16.4. The molecule has 3 amide bonds. The van der Waals surface area contributed by atoms with Crippen molar-refractivity contribution in [2.24, 2.45) is 44.6 Å². The summed E-state index contributed by atoms with van der Waals surface area (Å²) in [6, 6.07) is -4.39. The number of H-pyrrole nitrogens is 1. The smallest absolute Gasteiger partial charge is 0.326 e. The summed E-state index contributed by atoms with van der Waals surface area (Å²) in [5.74, 6) is -3.73. The lowest BCUT2D eigenvalue weighted by atomic mass is 9.98. The maximum Gasteiger partial charge on any atom is 0.326 e. The molecule has 0 aliphatic rings. The Morgan fingerprint density at radius 3 is 2.00 bits per heavy atom. The van der Waals surface area contributed by atoms with Crippen molar-refractivity contribution in [3.05, 3.63) is 18.2 Å². The molecule has 0 saturated heterocycles. The number of aliphatic imine (C=N–C) groups is 2. The number of aromatic amines is 1. The molecule has 5 unspecified atom stereocenters. The molecule has 5 atom stereocenters. The van der Waals surface area contributed by atoms with Gasteiger partial charge in [-0.15, -0.1) is 0 Å². The number of aliphatic carboxylic acids is 1. The number of rotatable bonds is 19. The first-order chi connectivity index (χ1) is 19.3. The summed E-state index contributed by atoms with van der Waals surface area (Å²) < 4.78 is 0. The van der Waals surface area contributed by atoms with Crippen molar-refractivity contribution in [1.29, 1.82) is 0 Å². The van der Waals surface area contributed by atoms with Crippen molar-refractivity contribution < 1.29 is 24.3 Å². The third-order valence-corrected chi connectivity index (χ3v) is 6.27. The van der Waals surface area contributed by atoms with E-state index in [2.05, 4.69) is 35.9 Å². The zero-order chi connectivity index (χ0) is 30.9. The van der Waals surface area contributed by atoms with Gasteiger partial charge in [0.25, 0.3) is 0 Å². The summed E-state index contributed by atoms with van der Waals surface area (Å²) in [4.78, 5) is 65.7. The predicted octanol–water partition coefficient (Wildman–Crippen LogP) is -3.03. The Labute approximate surface area is 238 Å². The summed E-state index contributed by atoms with van der Waals surface area (Å²) >= 11 is 0. The van der Waals surface area contributed by atoms with Gasteiger partial charge in [0.1, 0.15) is 18.1 Å². The van der Waals surface area contributed by atoms with Crippen LogP contribution >= 0.6 is 0 Å². The molecule has 1 rings (SSSR count). The van der Waals surface area contributed by atoms with E-state index in [1.807, 2.05) is 0 Å². The van der Waals surface area contributed by atoms with E-state index in [4.69, 9.17) is 28.7 Å². The molecule has 0 bridgehead atoms. The lowest BCUT2D eigenvalue weighted by Gasteiger charge is -2.26. The van der Waals surface area contributed by atoms with Crippen molar-refractivity contribution in [3.63, 3.8) is 0 Å². The lowest BCUT2D eigenvalue weighted by molar-refractivity contribution is -0.143. The Kier molecular flexibility index (Phi) is 15.2. The summed E-state index contributed by atoms with van der Waals surface area (Å²) in [5, 5.41) is 17.4. The van der Waals surface area contributed by atoms with Crippen molar-refractivity contribution in [1.82, 2.24) is 25.9 Å². The molecule has 0 saturated carbocycles. The lowest BCUT2D eigenvalue weighted by Crippen LogP contribution is -2.58. The van der Waals surface area contributed by atoms with E-state index < -0.39 is 47.9 Å². The van der Waals surface area contributed by atoms with Crippen LogP contribution in [0, 0.1) is 5.92 Å². The zero-order valence-corrected chi connectivity index (χ0v) is 23.5. The molecule has 15 N–H and O–H groups in total. The van der Waals surface area contributed by atoms with Crippen LogP contribution in [0.4, 0.5) is 0 Å². The SMILES string of the molecule is CCC(C)C(NC(=O)C(Cc1cnc[nH]1)NC(=O)C(CCCN=C(N)N)NC(=O)C(N)CCCN=C(N)N)C(=O)O. The highest BCUT2D eigenvalue weighted by Crippen LogP contribution is 2.10. The van der Waals surface area contributed by atoms with Crippen molar-refractivity contribution >= 4 is 35.6 Å². The van der Waals surface area contributed by atoms with E-state index in [-0.39, 0.29) is 50.2 Å². The molecule has 0 aromatic carbocycles. The van der Waals surface area contributed by atoms with Crippen LogP contribution in [0.5, 0.6) is 0 Å². The molecular weight excluding hydrogens is 536 g/mol. The third-order valence-electron chi connectivity index (χ3n) is 6.27. The maximum atomic E-state index is 13.4. The van der Waals surface area contributed by atoms with Crippen LogP contribution in [0.25, 0.3) is 0 Å². The van der Waals surface area contributed by atoms with Gasteiger partial charge in [-0.25, -0.2) is 9.78 Å². The predicted molar refractivity (Wildman–Crippen MR) is 153 cm³/mol. The molecule has 17 heteroatoms. The van der Waals surface area contributed by atoms with Gasteiger partial charge in [-0.2, -0.15) is 0 Å². The first-order valence-electron chi connectivity index (χ1n) is 13.3. The van der Waals surface area contributed by atoms with Crippen LogP contribution in [0.2, 0.25) is 0 Å². The average molecular weight is 581 g/mol. The van der Waals surface area contributed by atoms with Crippen LogP contribution < -0.4 is 44.6 Å². The minimum atomic E-state index is -1.20. The van der Waals surface area contributed by atoms with Crippen LogP contribution in [-0.2, 0) is 25.6 Å². The minimum absolute atomic E-state index is 0.0105. The molecule has 0 spiro atoms. The third kappa shape index (κ3) is 13.5. The van der Waals surface area contributed by atoms with Crippen molar-refractivity contribution in [2.75, 3.05) is 13.1 Å². The number of hydrogen-bond acceptors (Lipinski definition) is 8. The number of nitrogens with one attached hydrogen (secondary N) is 4. The highest BCUT2D eigenvalue weighted by molar-refractivity contribution is 5.94. The molecule has 0 fully saturated rings. The molecule has 41 heavy (non-hydrogen) atoms. The monoisotopic (exact) mass is 580 g/mol. The van der Waals surface area contributed by atoms with Crippen LogP contribution in [0.15, 0.2) is 22.5 Å². The second kappa shape index (κ2) is 18.0. The molecule has 1 aromatic heterocycles. The van der Waals surface area contributed by atoms with E-state index in [0.29, 0.717) is 25.0 Å². The van der Waals surface area contributed by atoms with Gasteiger partial charge in [0, 0.05) is 31.4 Å². The Hall–Kier alpha value is -4.41. The minimum Gasteiger partial charge on any atom is -0.480 e. The number of carbonyl (C=O) groups is 4. The molecule has 1 heterocycles. The Morgan fingerprint density at radius 1 is 0.927 bits per heavy atom.